The summed E-state index contributed by atoms with van der Waals surface area (Å²) in [4.78, 5) is 20.3. The smallest absolute Gasteiger partial charge is 0.306 e. The van der Waals surface area contributed by atoms with Crippen LogP contribution in [0.5, 0.6) is 11.5 Å². The number of pyridine rings is 1. The zero-order valence-corrected chi connectivity index (χ0v) is 26.0. The van der Waals surface area contributed by atoms with Gasteiger partial charge in [-0.15, -0.1) is 24.8 Å². The highest BCUT2D eigenvalue weighted by molar-refractivity contribution is 5.85. The molecule has 2 aliphatic rings. The van der Waals surface area contributed by atoms with Crippen LogP contribution in [0.1, 0.15) is 55.0 Å². The summed E-state index contributed by atoms with van der Waals surface area (Å²) in [5, 5.41) is 1.10. The average Bonchev–Trinajstić information content (AvgIpc) is 3.02. The Morgan fingerprint density at radius 2 is 1.70 bits per heavy atom. The molecule has 43 heavy (non-hydrogen) atoms. The van der Waals surface area contributed by atoms with Crippen LogP contribution in [0, 0.1) is 5.92 Å². The molecule has 2 unspecified atom stereocenters. The number of likely N-dealkylation sites (tertiary alicyclic amines) is 1. The number of hydrogen-bond donors (Lipinski definition) is 0. The van der Waals surface area contributed by atoms with Crippen LogP contribution >= 0.6 is 24.8 Å². The van der Waals surface area contributed by atoms with Crippen LogP contribution in [-0.2, 0) is 22.6 Å². The van der Waals surface area contributed by atoms with E-state index in [-0.39, 0.29) is 36.7 Å². The van der Waals surface area contributed by atoms with E-state index in [4.69, 9.17) is 19.2 Å². The molecule has 2 atom stereocenters. The summed E-state index contributed by atoms with van der Waals surface area (Å²) in [5.74, 6) is 1.31. The van der Waals surface area contributed by atoms with Crippen LogP contribution < -0.4 is 9.47 Å². The number of piperidine rings is 1. The van der Waals surface area contributed by atoms with Gasteiger partial charge in [0.2, 0.25) is 0 Å². The lowest BCUT2D eigenvalue weighted by atomic mass is 9.88. The zero-order chi connectivity index (χ0) is 27.9. The minimum Gasteiger partial charge on any atom is -0.493 e. The van der Waals surface area contributed by atoms with E-state index in [0.29, 0.717) is 25.4 Å². The number of aromatic nitrogens is 1. The minimum atomic E-state index is -0.399. The molecule has 3 aromatic carbocycles. The quantitative estimate of drug-likeness (QED) is 0.168. The topological polar surface area (TPSA) is 60.9 Å². The van der Waals surface area contributed by atoms with E-state index >= 15 is 0 Å². The monoisotopic (exact) mass is 622 g/mol. The molecule has 1 saturated heterocycles. The van der Waals surface area contributed by atoms with Gasteiger partial charge in [-0.25, -0.2) is 4.98 Å². The van der Waals surface area contributed by atoms with E-state index < -0.39 is 6.10 Å². The van der Waals surface area contributed by atoms with Crippen molar-refractivity contribution in [2.45, 2.75) is 51.2 Å². The minimum absolute atomic E-state index is 0. The van der Waals surface area contributed by atoms with Crippen molar-refractivity contribution in [3.63, 3.8) is 0 Å². The Kier molecular flexibility index (Phi) is 12.1. The van der Waals surface area contributed by atoms with Gasteiger partial charge in [0.1, 0.15) is 24.2 Å². The maximum absolute atomic E-state index is 13.1. The van der Waals surface area contributed by atoms with Crippen molar-refractivity contribution < 1.29 is 19.0 Å². The summed E-state index contributed by atoms with van der Waals surface area (Å²) in [6.45, 7) is 4.07. The lowest BCUT2D eigenvalue weighted by Crippen LogP contribution is -2.32. The van der Waals surface area contributed by atoms with Crippen molar-refractivity contribution in [2.24, 2.45) is 5.92 Å². The van der Waals surface area contributed by atoms with Gasteiger partial charge in [0.15, 0.2) is 0 Å². The van der Waals surface area contributed by atoms with Crippen LogP contribution in [0.15, 0.2) is 84.9 Å². The van der Waals surface area contributed by atoms with Crippen molar-refractivity contribution in [3.8, 4) is 11.5 Å². The van der Waals surface area contributed by atoms with Gasteiger partial charge in [-0.2, -0.15) is 0 Å². The first-order valence-corrected chi connectivity index (χ1v) is 14.9. The van der Waals surface area contributed by atoms with E-state index in [2.05, 4.69) is 29.2 Å². The first-order valence-electron chi connectivity index (χ1n) is 14.9. The van der Waals surface area contributed by atoms with Crippen LogP contribution in [0.3, 0.4) is 0 Å². The third-order valence-corrected chi connectivity index (χ3v) is 8.11. The van der Waals surface area contributed by atoms with Crippen molar-refractivity contribution in [3.05, 3.63) is 102 Å². The fourth-order valence-corrected chi connectivity index (χ4v) is 5.93. The third kappa shape index (κ3) is 8.62. The summed E-state index contributed by atoms with van der Waals surface area (Å²) < 4.78 is 18.6. The van der Waals surface area contributed by atoms with Crippen LogP contribution in [0.25, 0.3) is 10.9 Å². The number of carbonyl (C=O) groups is 1. The van der Waals surface area contributed by atoms with Gasteiger partial charge in [0, 0.05) is 23.3 Å². The summed E-state index contributed by atoms with van der Waals surface area (Å²) in [7, 11) is 0. The van der Waals surface area contributed by atoms with Crippen LogP contribution in [0.2, 0.25) is 0 Å². The molecule has 8 heteroatoms. The fraction of sp³-hybridized carbons (Fsp3) is 0.371. The molecule has 0 spiro atoms. The van der Waals surface area contributed by atoms with Gasteiger partial charge < -0.3 is 19.1 Å². The van der Waals surface area contributed by atoms with Gasteiger partial charge in [-0.05, 0) is 81.2 Å². The molecule has 1 fully saturated rings. The maximum atomic E-state index is 13.1. The Bertz CT molecular complexity index is 1460. The Balaban J connectivity index is 0.00000212. The molecule has 6 rings (SSSR count). The van der Waals surface area contributed by atoms with Crippen LogP contribution in [0.4, 0.5) is 0 Å². The summed E-state index contributed by atoms with van der Waals surface area (Å²) >= 11 is 0. The standard InChI is InChI=1S/C35H38N2O4.2ClH/c38-34(14-9-21-37-19-7-2-8-20-37)41-35-28(22-26-10-3-1-4-11-26)24-40-33-18-17-30(23-31(33)35)39-25-29-16-15-27-12-5-6-13-32(27)36-29;;/h1,3-6,10-13,15-18,23,28,35H,2,7-9,14,19-22,24-25H2;2*1H. The highest BCUT2D eigenvalue weighted by Gasteiger charge is 2.34. The number of esters is 1. The first kappa shape index (κ1) is 32.6. The van der Waals surface area contributed by atoms with E-state index in [1.165, 1.54) is 24.8 Å². The fourth-order valence-electron chi connectivity index (χ4n) is 5.93. The second-order valence-electron chi connectivity index (χ2n) is 11.2. The molecule has 0 amide bonds. The van der Waals surface area contributed by atoms with E-state index in [1.54, 1.807) is 0 Å². The van der Waals surface area contributed by atoms with Gasteiger partial charge in [-0.1, -0.05) is 61.0 Å². The molecule has 6 nitrogen and oxygen atoms in total. The number of hydrogen-bond acceptors (Lipinski definition) is 6. The molecular formula is C35H40Cl2N2O4. The molecule has 0 N–H and O–H groups in total. The molecule has 3 heterocycles. The molecular weight excluding hydrogens is 583 g/mol. The molecule has 228 valence electrons. The lowest BCUT2D eigenvalue weighted by Gasteiger charge is -2.33. The highest BCUT2D eigenvalue weighted by atomic mass is 35.5. The molecule has 4 aromatic rings. The number of halogens is 2. The van der Waals surface area contributed by atoms with Crippen molar-refractivity contribution in [1.82, 2.24) is 9.88 Å². The Labute approximate surface area is 266 Å². The number of ether oxygens (including phenoxy) is 3. The number of fused-ring (bicyclic) bond motifs is 2. The second-order valence-corrected chi connectivity index (χ2v) is 11.2. The predicted molar refractivity (Wildman–Crippen MR) is 175 cm³/mol. The van der Waals surface area contributed by atoms with E-state index in [9.17, 15) is 4.79 Å². The van der Waals surface area contributed by atoms with E-state index in [0.717, 1.165) is 60.4 Å². The molecule has 2 aliphatic heterocycles. The number of carbonyl (C=O) groups excluding carboxylic acids is 1. The zero-order valence-electron chi connectivity index (χ0n) is 24.4. The van der Waals surface area contributed by atoms with Crippen molar-refractivity contribution >= 4 is 41.7 Å². The number of rotatable bonds is 10. The third-order valence-electron chi connectivity index (χ3n) is 8.11. The first-order chi connectivity index (χ1) is 20.2. The summed E-state index contributed by atoms with van der Waals surface area (Å²) in [6.07, 6.45) is 5.43. The number of para-hydroxylation sites is 1. The normalized spacial score (nSPS) is 18.0. The highest BCUT2D eigenvalue weighted by Crippen LogP contribution is 2.41. The van der Waals surface area contributed by atoms with E-state index in [1.807, 2.05) is 60.7 Å². The van der Waals surface area contributed by atoms with Gasteiger partial charge in [0.25, 0.3) is 0 Å². The number of benzene rings is 3. The Morgan fingerprint density at radius 3 is 2.53 bits per heavy atom. The van der Waals surface area contributed by atoms with Gasteiger partial charge in [0.05, 0.1) is 17.8 Å². The lowest BCUT2D eigenvalue weighted by molar-refractivity contribution is -0.154. The largest absolute Gasteiger partial charge is 0.493 e. The average molecular weight is 624 g/mol. The molecule has 0 bridgehead atoms. The Hall–Kier alpha value is -3.32. The van der Waals surface area contributed by atoms with Crippen molar-refractivity contribution in [1.29, 1.82) is 0 Å². The molecule has 0 radical (unpaired) electrons. The van der Waals surface area contributed by atoms with Crippen molar-refractivity contribution in [2.75, 3.05) is 26.2 Å². The second kappa shape index (κ2) is 15.9. The summed E-state index contributed by atoms with van der Waals surface area (Å²) in [6, 6.07) is 28.3. The maximum Gasteiger partial charge on any atom is 0.306 e. The van der Waals surface area contributed by atoms with Gasteiger partial charge in [-0.3, -0.25) is 4.79 Å². The van der Waals surface area contributed by atoms with Gasteiger partial charge >= 0.3 is 5.97 Å². The summed E-state index contributed by atoms with van der Waals surface area (Å²) in [5.41, 5.74) is 3.87. The van der Waals surface area contributed by atoms with Crippen LogP contribution in [-0.4, -0.2) is 42.1 Å². The Morgan fingerprint density at radius 1 is 0.907 bits per heavy atom. The molecule has 1 aromatic heterocycles. The SMILES string of the molecule is Cl.Cl.O=C(CCCN1CCCCC1)OC1c2cc(OCc3ccc4ccccc4n3)ccc2OCC1Cc1ccccc1. The molecule has 0 aliphatic carbocycles. The molecule has 0 saturated carbocycles. The predicted octanol–water partition coefficient (Wildman–Crippen LogP) is 7.76. The number of nitrogens with zero attached hydrogens (tertiary/aromatic N) is 2.